The van der Waals surface area contributed by atoms with Gasteiger partial charge in [0.1, 0.15) is 0 Å². The second kappa shape index (κ2) is 5.21. The predicted octanol–water partition coefficient (Wildman–Crippen LogP) is 0.830. The lowest BCUT2D eigenvalue weighted by Gasteiger charge is -2.33. The maximum atomic E-state index is 8.65. The molecule has 1 saturated heterocycles. The standard InChI is InChI=1S/C10H19N3/c1-12-10(3-6-11)9-4-7-13(2)8-5-9/h9-10,12H,3-5,7-8H2,1-2H3. The molecule has 3 heteroatoms. The zero-order chi connectivity index (χ0) is 9.68. The average Bonchev–Trinajstić information content (AvgIpc) is 2.16. The van der Waals surface area contributed by atoms with Gasteiger partial charge in [0.05, 0.1) is 12.5 Å². The number of likely N-dealkylation sites (tertiary alicyclic amines) is 1. The SMILES string of the molecule is CNC(CC#N)C1CCN(C)CC1. The van der Waals surface area contributed by atoms with Gasteiger partial charge in [-0.1, -0.05) is 0 Å². The van der Waals surface area contributed by atoms with Gasteiger partial charge >= 0.3 is 0 Å². The van der Waals surface area contributed by atoms with Crippen LogP contribution >= 0.6 is 0 Å². The summed E-state index contributed by atoms with van der Waals surface area (Å²) >= 11 is 0. The summed E-state index contributed by atoms with van der Waals surface area (Å²) in [5, 5.41) is 11.9. The minimum Gasteiger partial charge on any atom is -0.316 e. The lowest BCUT2D eigenvalue weighted by molar-refractivity contribution is 0.189. The van der Waals surface area contributed by atoms with E-state index in [0.29, 0.717) is 18.4 Å². The molecule has 1 N–H and O–H groups in total. The zero-order valence-corrected chi connectivity index (χ0v) is 8.58. The highest BCUT2D eigenvalue weighted by Crippen LogP contribution is 2.21. The van der Waals surface area contributed by atoms with Crippen molar-refractivity contribution in [2.45, 2.75) is 25.3 Å². The van der Waals surface area contributed by atoms with Crippen LogP contribution in [-0.2, 0) is 0 Å². The third-order valence-electron chi connectivity index (χ3n) is 3.01. The Balaban J connectivity index is 2.37. The van der Waals surface area contributed by atoms with E-state index in [2.05, 4.69) is 23.3 Å². The van der Waals surface area contributed by atoms with Gasteiger partial charge in [-0.05, 0) is 45.9 Å². The van der Waals surface area contributed by atoms with Crippen molar-refractivity contribution in [3.63, 3.8) is 0 Å². The molecule has 0 aromatic rings. The number of hydrogen-bond acceptors (Lipinski definition) is 3. The van der Waals surface area contributed by atoms with E-state index in [9.17, 15) is 0 Å². The van der Waals surface area contributed by atoms with Gasteiger partial charge in [-0.2, -0.15) is 5.26 Å². The van der Waals surface area contributed by atoms with Crippen LogP contribution in [0.15, 0.2) is 0 Å². The Hall–Kier alpha value is -0.590. The van der Waals surface area contributed by atoms with E-state index in [1.807, 2.05) is 7.05 Å². The predicted molar refractivity (Wildman–Crippen MR) is 53.3 cm³/mol. The first kappa shape index (κ1) is 10.5. The van der Waals surface area contributed by atoms with Gasteiger partial charge in [-0.3, -0.25) is 0 Å². The molecule has 1 aliphatic rings. The van der Waals surface area contributed by atoms with Gasteiger partial charge in [0, 0.05) is 6.04 Å². The molecule has 1 unspecified atom stereocenters. The topological polar surface area (TPSA) is 39.1 Å². The molecule has 0 bridgehead atoms. The van der Waals surface area contributed by atoms with Crippen molar-refractivity contribution < 1.29 is 0 Å². The van der Waals surface area contributed by atoms with E-state index in [1.165, 1.54) is 25.9 Å². The molecule has 0 radical (unpaired) electrons. The van der Waals surface area contributed by atoms with Crippen LogP contribution in [0.5, 0.6) is 0 Å². The molecular weight excluding hydrogens is 162 g/mol. The first-order valence-corrected chi connectivity index (χ1v) is 5.00. The summed E-state index contributed by atoms with van der Waals surface area (Å²) in [6.45, 7) is 2.35. The van der Waals surface area contributed by atoms with E-state index < -0.39 is 0 Å². The van der Waals surface area contributed by atoms with Crippen molar-refractivity contribution in [3.05, 3.63) is 0 Å². The highest BCUT2D eigenvalue weighted by Gasteiger charge is 2.23. The molecule has 0 aliphatic carbocycles. The Labute approximate surface area is 80.7 Å². The highest BCUT2D eigenvalue weighted by molar-refractivity contribution is 4.87. The Bertz CT molecular complexity index is 177. The smallest absolute Gasteiger partial charge is 0.0638 e. The van der Waals surface area contributed by atoms with Crippen LogP contribution in [0.4, 0.5) is 0 Å². The fourth-order valence-corrected chi connectivity index (χ4v) is 2.03. The van der Waals surface area contributed by atoms with Crippen molar-refractivity contribution >= 4 is 0 Å². The first-order valence-electron chi connectivity index (χ1n) is 5.00. The number of nitrogens with one attached hydrogen (secondary N) is 1. The molecule has 1 aliphatic heterocycles. The fraction of sp³-hybridized carbons (Fsp3) is 0.900. The molecule has 0 spiro atoms. The van der Waals surface area contributed by atoms with Gasteiger partial charge in [0.2, 0.25) is 0 Å². The summed E-state index contributed by atoms with van der Waals surface area (Å²) in [6.07, 6.45) is 3.10. The van der Waals surface area contributed by atoms with Crippen LogP contribution in [0.1, 0.15) is 19.3 Å². The maximum absolute atomic E-state index is 8.65. The first-order chi connectivity index (χ1) is 6.27. The number of rotatable bonds is 3. The number of piperidine rings is 1. The van der Waals surface area contributed by atoms with Crippen molar-refractivity contribution in [2.24, 2.45) is 5.92 Å². The molecule has 1 fully saturated rings. The van der Waals surface area contributed by atoms with Crippen molar-refractivity contribution in [1.29, 1.82) is 5.26 Å². The zero-order valence-electron chi connectivity index (χ0n) is 8.58. The third kappa shape index (κ3) is 2.98. The van der Waals surface area contributed by atoms with Crippen molar-refractivity contribution in [1.82, 2.24) is 10.2 Å². The normalized spacial score (nSPS) is 22.5. The molecule has 1 rings (SSSR count). The molecule has 0 aromatic heterocycles. The summed E-state index contributed by atoms with van der Waals surface area (Å²) in [6, 6.07) is 2.65. The minimum atomic E-state index is 0.402. The lowest BCUT2D eigenvalue weighted by Crippen LogP contribution is -2.40. The number of nitrogens with zero attached hydrogens (tertiary/aromatic N) is 2. The summed E-state index contributed by atoms with van der Waals surface area (Å²) in [4.78, 5) is 2.36. The monoisotopic (exact) mass is 181 g/mol. The molecule has 0 aromatic carbocycles. The highest BCUT2D eigenvalue weighted by atomic mass is 15.1. The molecule has 74 valence electrons. The van der Waals surface area contributed by atoms with Gasteiger partial charge in [-0.25, -0.2) is 0 Å². The van der Waals surface area contributed by atoms with E-state index in [1.54, 1.807) is 0 Å². The van der Waals surface area contributed by atoms with Crippen LogP contribution in [-0.4, -0.2) is 38.1 Å². The second-order valence-corrected chi connectivity index (χ2v) is 3.90. The van der Waals surface area contributed by atoms with E-state index >= 15 is 0 Å². The quantitative estimate of drug-likeness (QED) is 0.701. The largest absolute Gasteiger partial charge is 0.316 e. The van der Waals surface area contributed by atoms with Crippen LogP contribution < -0.4 is 5.32 Å². The van der Waals surface area contributed by atoms with Crippen LogP contribution in [0, 0.1) is 17.2 Å². The van der Waals surface area contributed by atoms with Gasteiger partial charge in [0.25, 0.3) is 0 Å². The number of nitriles is 1. The third-order valence-corrected chi connectivity index (χ3v) is 3.01. The Morgan fingerprint density at radius 1 is 1.54 bits per heavy atom. The fourth-order valence-electron chi connectivity index (χ4n) is 2.03. The molecule has 1 atom stereocenters. The van der Waals surface area contributed by atoms with Crippen molar-refractivity contribution in [2.75, 3.05) is 27.2 Å². The second-order valence-electron chi connectivity index (χ2n) is 3.90. The molecule has 1 heterocycles. The summed E-state index contributed by atoms with van der Waals surface area (Å²) in [7, 11) is 4.12. The molecule has 13 heavy (non-hydrogen) atoms. The van der Waals surface area contributed by atoms with Gasteiger partial charge in [0.15, 0.2) is 0 Å². The van der Waals surface area contributed by atoms with Crippen LogP contribution in [0.2, 0.25) is 0 Å². The average molecular weight is 181 g/mol. The van der Waals surface area contributed by atoms with Crippen LogP contribution in [0.3, 0.4) is 0 Å². The van der Waals surface area contributed by atoms with E-state index in [4.69, 9.17) is 5.26 Å². The molecule has 0 saturated carbocycles. The maximum Gasteiger partial charge on any atom is 0.0638 e. The molecule has 0 amide bonds. The van der Waals surface area contributed by atoms with Crippen molar-refractivity contribution in [3.8, 4) is 6.07 Å². The Morgan fingerprint density at radius 3 is 2.62 bits per heavy atom. The number of hydrogen-bond donors (Lipinski definition) is 1. The Kier molecular flexibility index (Phi) is 4.20. The lowest BCUT2D eigenvalue weighted by atomic mass is 9.88. The summed E-state index contributed by atoms with van der Waals surface area (Å²) < 4.78 is 0. The van der Waals surface area contributed by atoms with Crippen LogP contribution in [0.25, 0.3) is 0 Å². The molecule has 3 nitrogen and oxygen atoms in total. The summed E-state index contributed by atoms with van der Waals surface area (Å²) in [5.74, 6) is 0.695. The van der Waals surface area contributed by atoms with E-state index in [-0.39, 0.29) is 0 Å². The van der Waals surface area contributed by atoms with Gasteiger partial charge in [-0.15, -0.1) is 0 Å². The minimum absolute atomic E-state index is 0.402. The van der Waals surface area contributed by atoms with E-state index in [0.717, 1.165) is 0 Å². The molecular formula is C10H19N3. The Morgan fingerprint density at radius 2 is 2.15 bits per heavy atom. The summed E-state index contributed by atoms with van der Waals surface area (Å²) in [5.41, 5.74) is 0. The van der Waals surface area contributed by atoms with Gasteiger partial charge < -0.3 is 10.2 Å².